The molecule has 4 heteroatoms. The first-order valence-corrected chi connectivity index (χ1v) is 5.00. The summed E-state index contributed by atoms with van der Waals surface area (Å²) in [6, 6.07) is 6.53. The van der Waals surface area contributed by atoms with Gasteiger partial charge in [-0.15, -0.1) is 0 Å². The van der Waals surface area contributed by atoms with E-state index >= 15 is 0 Å². The first kappa shape index (κ1) is 12.1. The molecule has 1 unspecified atom stereocenters. The summed E-state index contributed by atoms with van der Waals surface area (Å²) < 4.78 is 13.0. The van der Waals surface area contributed by atoms with Crippen LogP contribution in [0.5, 0.6) is 0 Å². The number of nitrogens with two attached hydrogens (primary N) is 1. The Morgan fingerprint density at radius 2 is 2.20 bits per heavy atom. The van der Waals surface area contributed by atoms with Crippen LogP contribution in [-0.2, 0) is 0 Å². The molecule has 3 nitrogen and oxygen atoms in total. The summed E-state index contributed by atoms with van der Waals surface area (Å²) in [5.41, 5.74) is 3.60. The molecule has 0 heterocycles. The van der Waals surface area contributed by atoms with Gasteiger partial charge in [0.25, 0.3) is 0 Å². The highest BCUT2D eigenvalue weighted by atomic mass is 19.1. The largest absolute Gasteiger partial charge is 0.309 e. The zero-order valence-corrected chi connectivity index (χ0v) is 9.20. The fourth-order valence-corrected chi connectivity index (χ4v) is 1.46. The van der Waals surface area contributed by atoms with E-state index in [0.29, 0.717) is 0 Å². The summed E-state index contributed by atoms with van der Waals surface area (Å²) >= 11 is 0. The molecule has 0 aromatic heterocycles. The zero-order chi connectivity index (χ0) is 11.3. The van der Waals surface area contributed by atoms with E-state index in [1.54, 1.807) is 6.07 Å². The third-order valence-corrected chi connectivity index (χ3v) is 2.32. The highest BCUT2D eigenvalue weighted by Gasteiger charge is 2.10. The van der Waals surface area contributed by atoms with Crippen molar-refractivity contribution >= 4 is 0 Å². The van der Waals surface area contributed by atoms with Crippen molar-refractivity contribution in [2.24, 2.45) is 5.84 Å². The lowest BCUT2D eigenvalue weighted by molar-refractivity contribution is 0.362. The van der Waals surface area contributed by atoms with Gasteiger partial charge in [0.05, 0.1) is 0 Å². The first-order chi connectivity index (χ1) is 7.13. The van der Waals surface area contributed by atoms with Crippen molar-refractivity contribution in [2.45, 2.75) is 12.5 Å². The fourth-order valence-electron chi connectivity index (χ4n) is 1.46. The lowest BCUT2D eigenvalue weighted by Gasteiger charge is -2.18. The number of rotatable bonds is 5. The topological polar surface area (TPSA) is 41.3 Å². The van der Waals surface area contributed by atoms with E-state index in [1.807, 2.05) is 20.2 Å². The Kier molecular flexibility index (Phi) is 4.68. The Labute approximate surface area is 90.0 Å². The summed E-state index contributed by atoms with van der Waals surface area (Å²) in [6.07, 6.45) is 0.854. The Balaban J connectivity index is 2.65. The highest BCUT2D eigenvalue weighted by Crippen LogP contribution is 2.16. The molecule has 3 N–H and O–H groups in total. The average Bonchev–Trinajstić information content (AvgIpc) is 2.18. The molecule has 0 radical (unpaired) electrons. The number of nitrogens with zero attached hydrogens (tertiary/aromatic N) is 1. The SMILES string of the molecule is CN(C)CCC(NN)c1cccc(F)c1. The van der Waals surface area contributed by atoms with Crippen LogP contribution in [0.1, 0.15) is 18.0 Å². The maximum Gasteiger partial charge on any atom is 0.123 e. The van der Waals surface area contributed by atoms with Crippen LogP contribution in [-0.4, -0.2) is 25.5 Å². The van der Waals surface area contributed by atoms with Crippen molar-refractivity contribution < 1.29 is 4.39 Å². The highest BCUT2D eigenvalue weighted by molar-refractivity contribution is 5.19. The molecule has 0 amide bonds. The Morgan fingerprint density at radius 3 is 2.73 bits per heavy atom. The number of benzene rings is 1. The van der Waals surface area contributed by atoms with Crippen molar-refractivity contribution in [1.82, 2.24) is 10.3 Å². The van der Waals surface area contributed by atoms with Crippen LogP contribution in [0.15, 0.2) is 24.3 Å². The molecule has 0 saturated carbocycles. The third-order valence-electron chi connectivity index (χ3n) is 2.32. The van der Waals surface area contributed by atoms with Gasteiger partial charge in [-0.1, -0.05) is 12.1 Å². The second kappa shape index (κ2) is 5.80. The van der Waals surface area contributed by atoms with Crippen LogP contribution in [0, 0.1) is 5.82 Å². The van der Waals surface area contributed by atoms with E-state index < -0.39 is 0 Å². The van der Waals surface area contributed by atoms with Crippen LogP contribution in [0.25, 0.3) is 0 Å². The number of nitrogens with one attached hydrogen (secondary N) is 1. The molecule has 0 spiro atoms. The second-order valence-electron chi connectivity index (χ2n) is 3.87. The minimum absolute atomic E-state index is 0.00287. The summed E-state index contributed by atoms with van der Waals surface area (Å²) in [6.45, 7) is 0.908. The van der Waals surface area contributed by atoms with Crippen LogP contribution < -0.4 is 11.3 Å². The van der Waals surface area contributed by atoms with E-state index in [1.165, 1.54) is 12.1 Å². The van der Waals surface area contributed by atoms with E-state index in [-0.39, 0.29) is 11.9 Å². The molecule has 0 bridgehead atoms. The number of hydrazine groups is 1. The predicted octanol–water partition coefficient (Wildman–Crippen LogP) is 1.28. The molecule has 0 fully saturated rings. The van der Waals surface area contributed by atoms with Crippen LogP contribution >= 0.6 is 0 Å². The monoisotopic (exact) mass is 211 g/mol. The van der Waals surface area contributed by atoms with Gasteiger partial charge in [0.15, 0.2) is 0 Å². The molecule has 0 saturated heterocycles. The van der Waals surface area contributed by atoms with Crippen molar-refractivity contribution in [2.75, 3.05) is 20.6 Å². The minimum atomic E-state index is -0.224. The molecule has 1 aromatic rings. The Morgan fingerprint density at radius 1 is 1.47 bits per heavy atom. The van der Waals surface area contributed by atoms with Gasteiger partial charge in [0.2, 0.25) is 0 Å². The molecule has 84 valence electrons. The van der Waals surface area contributed by atoms with Gasteiger partial charge in [-0.25, -0.2) is 4.39 Å². The molecule has 15 heavy (non-hydrogen) atoms. The molecular weight excluding hydrogens is 193 g/mol. The molecular formula is C11H18FN3. The van der Waals surface area contributed by atoms with Gasteiger partial charge in [0.1, 0.15) is 5.82 Å². The average molecular weight is 211 g/mol. The van der Waals surface area contributed by atoms with Crippen molar-refractivity contribution in [3.63, 3.8) is 0 Å². The maximum absolute atomic E-state index is 13.0. The van der Waals surface area contributed by atoms with E-state index in [9.17, 15) is 4.39 Å². The summed E-state index contributed by atoms with van der Waals surface area (Å²) in [5.74, 6) is 5.23. The lowest BCUT2D eigenvalue weighted by Crippen LogP contribution is -2.30. The van der Waals surface area contributed by atoms with Gasteiger partial charge in [-0.05, 0) is 44.8 Å². The van der Waals surface area contributed by atoms with Gasteiger partial charge in [0, 0.05) is 6.04 Å². The summed E-state index contributed by atoms with van der Waals surface area (Å²) in [4.78, 5) is 2.07. The van der Waals surface area contributed by atoms with Gasteiger partial charge in [-0.3, -0.25) is 11.3 Å². The van der Waals surface area contributed by atoms with E-state index in [0.717, 1.165) is 18.5 Å². The number of hydrogen-bond acceptors (Lipinski definition) is 3. The standard InChI is InChI=1S/C11H18FN3/c1-15(2)7-6-11(14-13)9-4-3-5-10(12)8-9/h3-5,8,11,14H,6-7,13H2,1-2H3. The van der Waals surface area contributed by atoms with Crippen LogP contribution in [0.4, 0.5) is 4.39 Å². The number of hydrogen-bond donors (Lipinski definition) is 2. The third kappa shape index (κ3) is 3.95. The lowest BCUT2D eigenvalue weighted by atomic mass is 10.0. The predicted molar refractivity (Wildman–Crippen MR) is 59.6 cm³/mol. The Bertz CT molecular complexity index is 302. The molecule has 0 aliphatic heterocycles. The Hall–Kier alpha value is -0.970. The maximum atomic E-state index is 13.0. The summed E-state index contributed by atoms with van der Waals surface area (Å²) in [5, 5.41) is 0. The van der Waals surface area contributed by atoms with Gasteiger partial charge in [-0.2, -0.15) is 0 Å². The van der Waals surface area contributed by atoms with E-state index in [4.69, 9.17) is 5.84 Å². The smallest absolute Gasteiger partial charge is 0.123 e. The normalized spacial score (nSPS) is 13.1. The van der Waals surface area contributed by atoms with Gasteiger partial charge < -0.3 is 4.90 Å². The summed E-state index contributed by atoms with van der Waals surface area (Å²) in [7, 11) is 4.00. The minimum Gasteiger partial charge on any atom is -0.309 e. The van der Waals surface area contributed by atoms with Crippen LogP contribution in [0.2, 0.25) is 0 Å². The molecule has 0 aliphatic carbocycles. The van der Waals surface area contributed by atoms with Gasteiger partial charge >= 0.3 is 0 Å². The fraction of sp³-hybridized carbons (Fsp3) is 0.455. The number of halogens is 1. The van der Waals surface area contributed by atoms with E-state index in [2.05, 4.69) is 10.3 Å². The molecule has 1 aromatic carbocycles. The quantitative estimate of drug-likeness (QED) is 0.569. The van der Waals surface area contributed by atoms with Crippen molar-refractivity contribution in [3.05, 3.63) is 35.6 Å². The molecule has 0 aliphatic rings. The first-order valence-electron chi connectivity index (χ1n) is 5.00. The molecule has 1 atom stereocenters. The zero-order valence-electron chi connectivity index (χ0n) is 9.20. The second-order valence-corrected chi connectivity index (χ2v) is 3.87. The van der Waals surface area contributed by atoms with Crippen molar-refractivity contribution in [3.8, 4) is 0 Å². The molecule has 1 rings (SSSR count). The van der Waals surface area contributed by atoms with Crippen molar-refractivity contribution in [1.29, 1.82) is 0 Å². The van der Waals surface area contributed by atoms with Crippen LogP contribution in [0.3, 0.4) is 0 Å².